The van der Waals surface area contributed by atoms with E-state index in [9.17, 15) is 9.59 Å². The zero-order valence-corrected chi connectivity index (χ0v) is 11.1. The molecule has 0 spiro atoms. The second-order valence-electron chi connectivity index (χ2n) is 5.43. The van der Waals surface area contributed by atoms with Gasteiger partial charge < -0.3 is 9.64 Å². The summed E-state index contributed by atoms with van der Waals surface area (Å²) in [4.78, 5) is 25.4. The van der Waals surface area contributed by atoms with Gasteiger partial charge >= 0.3 is 5.97 Å². The molecule has 0 radical (unpaired) electrons. The van der Waals surface area contributed by atoms with Gasteiger partial charge in [-0.15, -0.1) is 11.8 Å². The Morgan fingerprint density at radius 2 is 1.94 bits per heavy atom. The van der Waals surface area contributed by atoms with E-state index >= 15 is 0 Å². The summed E-state index contributed by atoms with van der Waals surface area (Å²) in [6.45, 7) is 7.83. The van der Waals surface area contributed by atoms with Crippen LogP contribution in [0.4, 0.5) is 0 Å². The van der Waals surface area contributed by atoms with Gasteiger partial charge in [0.05, 0.1) is 17.9 Å². The lowest BCUT2D eigenvalue weighted by atomic mass is 9.80. The fourth-order valence-corrected chi connectivity index (χ4v) is 4.12. The monoisotopic (exact) mass is 243 g/mol. The van der Waals surface area contributed by atoms with E-state index in [0.29, 0.717) is 0 Å². The molecule has 0 unspecified atom stereocenters. The molecule has 0 aromatic rings. The number of thioether (sulfide) groups is 1. The number of esters is 1. The highest BCUT2D eigenvalue weighted by Crippen LogP contribution is 2.58. The van der Waals surface area contributed by atoms with E-state index in [-0.39, 0.29) is 27.4 Å². The first-order valence-electron chi connectivity index (χ1n) is 5.32. The minimum atomic E-state index is -0.451. The summed E-state index contributed by atoms with van der Waals surface area (Å²) >= 11 is 1.68. The fourth-order valence-electron chi connectivity index (χ4n) is 2.48. The van der Waals surface area contributed by atoms with Crippen molar-refractivity contribution in [2.45, 2.75) is 43.9 Å². The molecule has 2 aliphatic rings. The Hall–Kier alpha value is -0.710. The minimum Gasteiger partial charge on any atom is -0.467 e. The molecule has 90 valence electrons. The smallest absolute Gasteiger partial charge is 0.330 e. The van der Waals surface area contributed by atoms with Gasteiger partial charge in [-0.25, -0.2) is 4.79 Å². The Morgan fingerprint density at radius 1 is 1.38 bits per heavy atom. The number of carbonyl (C=O) groups excluding carboxylic acids is 2. The van der Waals surface area contributed by atoms with E-state index in [1.54, 1.807) is 16.7 Å². The number of β-lactam (4-membered cyclic amide) rings is 1. The van der Waals surface area contributed by atoms with Gasteiger partial charge in [0.15, 0.2) is 0 Å². The van der Waals surface area contributed by atoms with E-state index < -0.39 is 6.04 Å². The summed E-state index contributed by atoms with van der Waals surface area (Å²) in [5.41, 5.74) is -0.356. The number of rotatable bonds is 1. The van der Waals surface area contributed by atoms with Gasteiger partial charge in [-0.2, -0.15) is 0 Å². The maximum atomic E-state index is 12.0. The molecule has 2 aliphatic heterocycles. The molecule has 2 saturated heterocycles. The summed E-state index contributed by atoms with van der Waals surface area (Å²) in [6, 6.07) is -0.451. The van der Waals surface area contributed by atoms with Crippen molar-refractivity contribution in [1.82, 2.24) is 4.90 Å². The number of hydrogen-bond donors (Lipinski definition) is 0. The molecule has 1 amide bonds. The van der Waals surface area contributed by atoms with E-state index in [1.807, 2.05) is 27.7 Å². The van der Waals surface area contributed by atoms with Crippen molar-refractivity contribution >= 4 is 23.6 Å². The third-order valence-corrected chi connectivity index (χ3v) is 5.30. The lowest BCUT2D eigenvalue weighted by molar-refractivity contribution is -0.172. The van der Waals surface area contributed by atoms with Gasteiger partial charge in [-0.3, -0.25) is 4.79 Å². The van der Waals surface area contributed by atoms with Crippen LogP contribution in [0.5, 0.6) is 0 Å². The van der Waals surface area contributed by atoms with Crippen LogP contribution in [0.15, 0.2) is 0 Å². The Labute approximate surface area is 99.7 Å². The SMILES string of the molecule is COC(=O)[C@@H]1N2C(=O)C(C)(C)[C@@H]2SC1(C)C. The number of fused-ring (bicyclic) bond motifs is 1. The lowest BCUT2D eigenvalue weighted by Gasteiger charge is -2.49. The third kappa shape index (κ3) is 1.24. The number of nitrogens with zero attached hydrogens (tertiary/aromatic N) is 1. The van der Waals surface area contributed by atoms with Crippen molar-refractivity contribution in [2.24, 2.45) is 5.41 Å². The molecule has 0 aliphatic carbocycles. The van der Waals surface area contributed by atoms with Crippen molar-refractivity contribution < 1.29 is 14.3 Å². The summed E-state index contributed by atoms with van der Waals surface area (Å²) < 4.78 is 4.52. The second-order valence-corrected chi connectivity index (χ2v) is 7.17. The summed E-state index contributed by atoms with van der Waals surface area (Å²) in [5.74, 6) is -0.269. The molecule has 5 heteroatoms. The van der Waals surface area contributed by atoms with Crippen LogP contribution in [-0.4, -0.2) is 40.0 Å². The van der Waals surface area contributed by atoms with Crippen molar-refractivity contribution in [3.63, 3.8) is 0 Å². The summed E-state index contributed by atoms with van der Waals surface area (Å²) in [5, 5.41) is 0.0964. The predicted octanol–water partition coefficient (Wildman–Crippen LogP) is 1.25. The van der Waals surface area contributed by atoms with E-state index in [2.05, 4.69) is 0 Å². The largest absolute Gasteiger partial charge is 0.467 e. The molecule has 0 saturated carbocycles. The molecule has 4 nitrogen and oxygen atoms in total. The molecular weight excluding hydrogens is 226 g/mol. The number of methoxy groups -OCH3 is 1. The maximum Gasteiger partial charge on any atom is 0.330 e. The molecule has 16 heavy (non-hydrogen) atoms. The Bertz CT molecular complexity index is 364. The topological polar surface area (TPSA) is 46.6 Å². The van der Waals surface area contributed by atoms with Crippen molar-refractivity contribution in [3.8, 4) is 0 Å². The third-order valence-electron chi connectivity index (χ3n) is 3.43. The summed E-state index contributed by atoms with van der Waals surface area (Å²) in [6.07, 6.45) is 0. The number of ether oxygens (including phenoxy) is 1. The first-order chi connectivity index (χ1) is 7.23. The molecule has 2 atom stereocenters. The fraction of sp³-hybridized carbons (Fsp3) is 0.818. The molecular formula is C11H17NO3S. The van der Waals surface area contributed by atoms with Gasteiger partial charge in [-0.1, -0.05) is 0 Å². The number of amides is 1. The quantitative estimate of drug-likeness (QED) is 0.513. The Morgan fingerprint density at radius 3 is 2.44 bits per heavy atom. The first kappa shape index (κ1) is 11.8. The van der Waals surface area contributed by atoms with Crippen LogP contribution < -0.4 is 0 Å². The lowest BCUT2D eigenvalue weighted by Crippen LogP contribution is -2.67. The van der Waals surface area contributed by atoms with E-state index in [4.69, 9.17) is 4.74 Å². The highest BCUT2D eigenvalue weighted by molar-refractivity contribution is 8.01. The van der Waals surface area contributed by atoms with Crippen LogP contribution in [-0.2, 0) is 14.3 Å². The van der Waals surface area contributed by atoms with Crippen LogP contribution in [0.1, 0.15) is 27.7 Å². The zero-order chi connectivity index (χ0) is 12.3. The average Bonchev–Trinajstić information content (AvgIpc) is 2.47. The van der Waals surface area contributed by atoms with Crippen LogP contribution in [0.25, 0.3) is 0 Å². The van der Waals surface area contributed by atoms with Crippen LogP contribution in [0, 0.1) is 5.41 Å². The molecule has 0 bridgehead atoms. The van der Waals surface area contributed by atoms with Crippen LogP contribution in [0.3, 0.4) is 0 Å². The zero-order valence-electron chi connectivity index (χ0n) is 10.2. The Balaban J connectivity index is 2.34. The van der Waals surface area contributed by atoms with Crippen LogP contribution in [0.2, 0.25) is 0 Å². The minimum absolute atomic E-state index is 0.0472. The number of hydrogen-bond acceptors (Lipinski definition) is 4. The van der Waals surface area contributed by atoms with Gasteiger partial charge in [0.2, 0.25) is 5.91 Å². The van der Waals surface area contributed by atoms with Crippen molar-refractivity contribution in [2.75, 3.05) is 7.11 Å². The predicted molar refractivity (Wildman–Crippen MR) is 61.9 cm³/mol. The van der Waals surface area contributed by atoms with Crippen molar-refractivity contribution in [3.05, 3.63) is 0 Å². The molecule has 0 N–H and O–H groups in total. The normalized spacial score (nSPS) is 34.3. The number of carbonyl (C=O) groups is 2. The average molecular weight is 243 g/mol. The molecule has 2 fully saturated rings. The molecule has 0 aromatic carbocycles. The molecule has 2 rings (SSSR count). The van der Waals surface area contributed by atoms with Crippen molar-refractivity contribution in [1.29, 1.82) is 0 Å². The van der Waals surface area contributed by atoms with E-state index in [0.717, 1.165) is 0 Å². The summed E-state index contributed by atoms with van der Waals surface area (Å²) in [7, 11) is 1.37. The van der Waals surface area contributed by atoms with Gasteiger partial charge in [0.1, 0.15) is 6.04 Å². The highest BCUT2D eigenvalue weighted by Gasteiger charge is 2.67. The van der Waals surface area contributed by atoms with Gasteiger partial charge in [0.25, 0.3) is 0 Å². The highest BCUT2D eigenvalue weighted by atomic mass is 32.2. The molecule has 0 aromatic heterocycles. The van der Waals surface area contributed by atoms with Crippen LogP contribution >= 0.6 is 11.8 Å². The standard InChI is InChI=1S/C11H17NO3S/c1-10(2)8(14)12-6(7(13)15-5)11(3,4)16-9(10)12/h6,9H,1-5H3/t6-,9-/m0/s1. The van der Waals surface area contributed by atoms with E-state index in [1.165, 1.54) is 7.11 Å². The van der Waals surface area contributed by atoms with Gasteiger partial charge in [-0.05, 0) is 27.7 Å². The maximum absolute atomic E-state index is 12.0. The second kappa shape index (κ2) is 3.15. The Kier molecular flexibility index (Phi) is 2.32. The molecule has 2 heterocycles. The van der Waals surface area contributed by atoms with Gasteiger partial charge in [0, 0.05) is 4.75 Å². The first-order valence-corrected chi connectivity index (χ1v) is 6.20.